The summed E-state index contributed by atoms with van der Waals surface area (Å²) >= 11 is 0. The van der Waals surface area contributed by atoms with Crippen LogP contribution in [-0.4, -0.2) is 31.8 Å². The van der Waals surface area contributed by atoms with E-state index in [4.69, 9.17) is 4.74 Å². The topological polar surface area (TPSA) is 24.5 Å². The fourth-order valence-corrected chi connectivity index (χ4v) is 2.74. The minimum atomic E-state index is -0.473. The number of nitrogens with one attached hydrogen (secondary N) is 1. The minimum Gasteiger partial charge on any atom is -0.375 e. The van der Waals surface area contributed by atoms with Crippen molar-refractivity contribution < 1.29 is 13.5 Å². The van der Waals surface area contributed by atoms with E-state index in [2.05, 4.69) is 5.32 Å². The third-order valence-electron chi connectivity index (χ3n) is 4.16. The van der Waals surface area contributed by atoms with Crippen LogP contribution >= 0.6 is 0 Å². The first-order valence-electron chi connectivity index (χ1n) is 7.75. The van der Waals surface area contributed by atoms with E-state index >= 15 is 0 Å². The maximum atomic E-state index is 14.3. The molecular formula is C16H22F2N2O. The summed E-state index contributed by atoms with van der Waals surface area (Å²) in [6, 6.07) is 3.43. The molecule has 1 aromatic rings. The fraction of sp³-hybridized carbons (Fsp3) is 0.625. The van der Waals surface area contributed by atoms with Crippen LogP contribution in [0.2, 0.25) is 0 Å². The van der Waals surface area contributed by atoms with Gasteiger partial charge in [-0.1, -0.05) is 6.92 Å². The number of benzene rings is 1. The lowest BCUT2D eigenvalue weighted by molar-refractivity contribution is 0.0380. The number of halogens is 2. The molecule has 3 nitrogen and oxygen atoms in total. The van der Waals surface area contributed by atoms with E-state index in [0.29, 0.717) is 37.8 Å². The summed E-state index contributed by atoms with van der Waals surface area (Å²) in [6.45, 7) is 4.14. The molecule has 1 heterocycles. The molecule has 3 rings (SSSR count). The van der Waals surface area contributed by atoms with E-state index in [-0.39, 0.29) is 11.8 Å². The Balaban J connectivity index is 1.74. The molecule has 2 fully saturated rings. The van der Waals surface area contributed by atoms with Crippen molar-refractivity contribution in [2.24, 2.45) is 0 Å². The van der Waals surface area contributed by atoms with Crippen LogP contribution in [0, 0.1) is 11.6 Å². The lowest BCUT2D eigenvalue weighted by Gasteiger charge is -2.34. The summed E-state index contributed by atoms with van der Waals surface area (Å²) in [5, 5.41) is 3.28. The van der Waals surface area contributed by atoms with Gasteiger partial charge < -0.3 is 15.0 Å². The van der Waals surface area contributed by atoms with E-state index in [1.807, 2.05) is 6.92 Å². The van der Waals surface area contributed by atoms with E-state index in [1.54, 1.807) is 4.90 Å². The SMILES string of the molecule is CCC1CN(c2c(F)cc(CNC3CC3)cc2F)CCO1. The van der Waals surface area contributed by atoms with Gasteiger partial charge in [-0.2, -0.15) is 0 Å². The molecule has 1 aromatic carbocycles. The quantitative estimate of drug-likeness (QED) is 0.904. The number of nitrogens with zero attached hydrogens (tertiary/aromatic N) is 1. The zero-order valence-corrected chi connectivity index (χ0v) is 12.4. The van der Waals surface area contributed by atoms with Crippen LogP contribution < -0.4 is 10.2 Å². The Labute approximate surface area is 124 Å². The predicted molar refractivity (Wildman–Crippen MR) is 78.5 cm³/mol. The Hall–Kier alpha value is -1.20. The number of ether oxygens (including phenoxy) is 1. The second-order valence-electron chi connectivity index (χ2n) is 5.91. The van der Waals surface area contributed by atoms with Crippen molar-refractivity contribution in [3.63, 3.8) is 0 Å². The third-order valence-corrected chi connectivity index (χ3v) is 4.16. The zero-order chi connectivity index (χ0) is 14.8. The van der Waals surface area contributed by atoms with Crippen molar-refractivity contribution in [3.8, 4) is 0 Å². The van der Waals surface area contributed by atoms with E-state index in [0.717, 1.165) is 19.3 Å². The van der Waals surface area contributed by atoms with Gasteiger partial charge in [0.05, 0.1) is 12.7 Å². The molecule has 1 aliphatic heterocycles. The lowest BCUT2D eigenvalue weighted by Crippen LogP contribution is -2.43. The zero-order valence-electron chi connectivity index (χ0n) is 12.4. The second kappa shape index (κ2) is 6.28. The highest BCUT2D eigenvalue weighted by molar-refractivity contribution is 5.51. The van der Waals surface area contributed by atoms with E-state index in [9.17, 15) is 8.78 Å². The van der Waals surface area contributed by atoms with Crippen molar-refractivity contribution >= 4 is 5.69 Å². The standard InChI is InChI=1S/C16H22F2N2O/c1-2-13-10-20(5-6-21-13)16-14(17)7-11(8-15(16)18)9-19-12-3-4-12/h7-8,12-13,19H,2-6,9-10H2,1H3. The smallest absolute Gasteiger partial charge is 0.149 e. The normalized spacial score (nSPS) is 22.6. The number of morpholine rings is 1. The first-order chi connectivity index (χ1) is 10.2. The fourth-order valence-electron chi connectivity index (χ4n) is 2.74. The summed E-state index contributed by atoms with van der Waals surface area (Å²) in [5.74, 6) is -0.946. The van der Waals surface area contributed by atoms with Gasteiger partial charge in [0, 0.05) is 25.7 Å². The Morgan fingerprint density at radius 2 is 2.00 bits per heavy atom. The maximum Gasteiger partial charge on any atom is 0.149 e. The first-order valence-corrected chi connectivity index (χ1v) is 7.75. The second-order valence-corrected chi connectivity index (χ2v) is 5.91. The van der Waals surface area contributed by atoms with E-state index < -0.39 is 11.6 Å². The molecule has 0 aromatic heterocycles. The van der Waals surface area contributed by atoms with Gasteiger partial charge >= 0.3 is 0 Å². The highest BCUT2D eigenvalue weighted by Crippen LogP contribution is 2.28. The van der Waals surface area contributed by atoms with Crippen molar-refractivity contribution in [2.45, 2.75) is 44.9 Å². The van der Waals surface area contributed by atoms with Crippen LogP contribution in [-0.2, 0) is 11.3 Å². The molecule has 1 N–H and O–H groups in total. The van der Waals surface area contributed by atoms with Crippen LogP contribution in [0.25, 0.3) is 0 Å². The molecule has 0 radical (unpaired) electrons. The molecule has 0 bridgehead atoms. The van der Waals surface area contributed by atoms with Crippen molar-refractivity contribution in [3.05, 3.63) is 29.3 Å². The molecule has 1 aliphatic carbocycles. The highest BCUT2D eigenvalue weighted by atomic mass is 19.1. The summed E-state index contributed by atoms with van der Waals surface area (Å²) in [7, 11) is 0. The average molecular weight is 296 g/mol. The Morgan fingerprint density at radius 1 is 1.29 bits per heavy atom. The largest absolute Gasteiger partial charge is 0.375 e. The van der Waals surface area contributed by atoms with Crippen molar-refractivity contribution in [1.29, 1.82) is 0 Å². The van der Waals surface area contributed by atoms with Crippen molar-refractivity contribution in [2.75, 3.05) is 24.6 Å². The number of hydrogen-bond donors (Lipinski definition) is 1. The molecule has 1 saturated carbocycles. The Morgan fingerprint density at radius 3 is 2.62 bits per heavy atom. The van der Waals surface area contributed by atoms with Gasteiger partial charge in [0.25, 0.3) is 0 Å². The summed E-state index contributed by atoms with van der Waals surface area (Å²) in [6.07, 6.45) is 3.22. The molecule has 2 aliphatic rings. The molecule has 21 heavy (non-hydrogen) atoms. The summed E-state index contributed by atoms with van der Waals surface area (Å²) in [5.41, 5.74) is 0.757. The minimum absolute atomic E-state index is 0.0498. The lowest BCUT2D eigenvalue weighted by atomic mass is 10.1. The van der Waals surface area contributed by atoms with Gasteiger partial charge in [-0.3, -0.25) is 0 Å². The number of anilines is 1. The molecule has 116 valence electrons. The van der Waals surface area contributed by atoms with Gasteiger partial charge in [0.1, 0.15) is 17.3 Å². The third kappa shape index (κ3) is 3.52. The average Bonchev–Trinajstić information content (AvgIpc) is 3.29. The van der Waals surface area contributed by atoms with Gasteiger partial charge in [0.15, 0.2) is 0 Å². The van der Waals surface area contributed by atoms with Crippen LogP contribution in [0.5, 0.6) is 0 Å². The van der Waals surface area contributed by atoms with Crippen LogP contribution in [0.4, 0.5) is 14.5 Å². The van der Waals surface area contributed by atoms with E-state index in [1.165, 1.54) is 12.1 Å². The highest BCUT2D eigenvalue weighted by Gasteiger charge is 2.25. The molecule has 1 unspecified atom stereocenters. The monoisotopic (exact) mass is 296 g/mol. The summed E-state index contributed by atoms with van der Waals surface area (Å²) < 4.78 is 34.2. The van der Waals surface area contributed by atoms with Gasteiger partial charge in [-0.25, -0.2) is 8.78 Å². The van der Waals surface area contributed by atoms with Crippen LogP contribution in [0.3, 0.4) is 0 Å². The maximum absolute atomic E-state index is 14.3. The Kier molecular flexibility index (Phi) is 4.40. The van der Waals surface area contributed by atoms with Gasteiger partial charge in [-0.05, 0) is 37.0 Å². The molecule has 5 heteroatoms. The predicted octanol–water partition coefficient (Wildman–Crippen LogP) is 2.83. The Bertz CT molecular complexity index is 482. The molecule has 1 atom stereocenters. The number of hydrogen-bond acceptors (Lipinski definition) is 3. The van der Waals surface area contributed by atoms with Gasteiger partial charge in [0.2, 0.25) is 0 Å². The molecular weight excluding hydrogens is 274 g/mol. The van der Waals surface area contributed by atoms with Gasteiger partial charge in [-0.15, -0.1) is 0 Å². The van der Waals surface area contributed by atoms with Crippen LogP contribution in [0.1, 0.15) is 31.7 Å². The van der Waals surface area contributed by atoms with Crippen molar-refractivity contribution in [1.82, 2.24) is 5.32 Å². The van der Waals surface area contributed by atoms with Crippen LogP contribution in [0.15, 0.2) is 12.1 Å². The molecule has 1 saturated heterocycles. The first kappa shape index (κ1) is 14.7. The molecule has 0 amide bonds. The number of rotatable bonds is 5. The molecule has 0 spiro atoms. The summed E-state index contributed by atoms with van der Waals surface area (Å²) in [4.78, 5) is 1.76.